The highest BCUT2D eigenvalue weighted by molar-refractivity contribution is 6.69. The molecule has 4 heteroatoms. The van der Waals surface area contributed by atoms with Crippen molar-refractivity contribution in [2.24, 2.45) is 5.16 Å². The van der Waals surface area contributed by atoms with Gasteiger partial charge in [0.25, 0.3) is 0 Å². The van der Waals surface area contributed by atoms with Crippen LogP contribution >= 0.6 is 11.6 Å². The number of hydrogen-bond donors (Lipinski definition) is 1. The normalized spacial score (nSPS) is 11.5. The van der Waals surface area contributed by atoms with Gasteiger partial charge >= 0.3 is 0 Å². The molecule has 0 atom stereocenters. The zero-order valence-electron chi connectivity index (χ0n) is 7.41. The second kappa shape index (κ2) is 4.14. The van der Waals surface area contributed by atoms with Crippen molar-refractivity contribution in [3.8, 4) is 5.75 Å². The van der Waals surface area contributed by atoms with Crippen molar-refractivity contribution in [1.82, 2.24) is 0 Å². The molecule has 0 bridgehead atoms. The number of oxime groups is 1. The molecule has 0 unspecified atom stereocenters. The molecule has 0 saturated carbocycles. The zero-order chi connectivity index (χ0) is 9.84. The number of aryl methyl sites for hydroxylation is 1. The fraction of sp³-hybridized carbons (Fsp3) is 0.222. The van der Waals surface area contributed by atoms with Crippen LogP contribution in [0.4, 0.5) is 0 Å². The number of ether oxygens (including phenoxy) is 1. The number of rotatable bonds is 2. The molecule has 0 aromatic heterocycles. The highest BCUT2D eigenvalue weighted by atomic mass is 35.5. The fourth-order valence-corrected chi connectivity index (χ4v) is 1.18. The summed E-state index contributed by atoms with van der Waals surface area (Å²) >= 11 is 5.62. The third-order valence-corrected chi connectivity index (χ3v) is 2.01. The summed E-state index contributed by atoms with van der Waals surface area (Å²) in [6, 6.07) is 5.30. The SMILES string of the molecule is COc1ccc(C(Cl)=NO)cc1C. The average molecular weight is 200 g/mol. The quantitative estimate of drug-likeness (QED) is 0.452. The van der Waals surface area contributed by atoms with E-state index in [-0.39, 0.29) is 5.17 Å². The Morgan fingerprint density at radius 1 is 1.54 bits per heavy atom. The third-order valence-electron chi connectivity index (χ3n) is 1.72. The predicted octanol–water partition coefficient (Wildman–Crippen LogP) is 2.38. The van der Waals surface area contributed by atoms with Gasteiger partial charge in [-0.25, -0.2) is 0 Å². The van der Waals surface area contributed by atoms with Gasteiger partial charge in [0.15, 0.2) is 5.17 Å². The molecule has 3 nitrogen and oxygen atoms in total. The molecule has 1 aromatic carbocycles. The molecule has 1 aromatic rings. The molecular formula is C9H10ClNO2. The van der Waals surface area contributed by atoms with Crippen LogP contribution in [0.3, 0.4) is 0 Å². The standard InChI is InChI=1S/C9H10ClNO2/c1-6-5-7(9(10)11-12)3-4-8(6)13-2/h3-5,12H,1-2H3. The highest BCUT2D eigenvalue weighted by Gasteiger charge is 2.03. The van der Waals surface area contributed by atoms with Gasteiger partial charge in [0.05, 0.1) is 7.11 Å². The minimum absolute atomic E-state index is 0.0748. The van der Waals surface area contributed by atoms with Crippen LogP contribution in [0.1, 0.15) is 11.1 Å². The molecule has 0 fully saturated rings. The van der Waals surface area contributed by atoms with Crippen LogP contribution in [-0.2, 0) is 0 Å². The lowest BCUT2D eigenvalue weighted by atomic mass is 10.1. The van der Waals surface area contributed by atoms with Crippen LogP contribution in [0, 0.1) is 6.92 Å². The molecule has 1 N–H and O–H groups in total. The first kappa shape index (κ1) is 9.86. The Hall–Kier alpha value is -1.22. The van der Waals surface area contributed by atoms with Crippen LogP contribution in [-0.4, -0.2) is 17.5 Å². The van der Waals surface area contributed by atoms with E-state index < -0.39 is 0 Å². The summed E-state index contributed by atoms with van der Waals surface area (Å²) in [4.78, 5) is 0. The first-order valence-electron chi connectivity index (χ1n) is 3.71. The van der Waals surface area contributed by atoms with Gasteiger partial charge in [-0.05, 0) is 30.7 Å². The Morgan fingerprint density at radius 3 is 2.69 bits per heavy atom. The fourth-order valence-electron chi connectivity index (χ4n) is 1.06. The first-order chi connectivity index (χ1) is 6.19. The second-order valence-electron chi connectivity index (χ2n) is 2.58. The van der Waals surface area contributed by atoms with Gasteiger partial charge < -0.3 is 9.94 Å². The summed E-state index contributed by atoms with van der Waals surface area (Å²) in [5, 5.41) is 11.4. The van der Waals surface area contributed by atoms with Crippen LogP contribution in [0.2, 0.25) is 0 Å². The van der Waals surface area contributed by atoms with Crippen LogP contribution in [0.25, 0.3) is 0 Å². The van der Waals surface area contributed by atoms with E-state index in [1.807, 2.05) is 6.92 Å². The third kappa shape index (κ3) is 2.12. The summed E-state index contributed by atoms with van der Waals surface area (Å²) in [6.07, 6.45) is 0. The van der Waals surface area contributed by atoms with Crippen LogP contribution in [0.15, 0.2) is 23.4 Å². The van der Waals surface area contributed by atoms with Gasteiger partial charge in [-0.1, -0.05) is 16.8 Å². The predicted molar refractivity (Wildman–Crippen MR) is 51.9 cm³/mol. The van der Waals surface area contributed by atoms with Crippen LogP contribution < -0.4 is 4.74 Å². The van der Waals surface area contributed by atoms with Gasteiger partial charge in [-0.3, -0.25) is 0 Å². The van der Waals surface area contributed by atoms with E-state index >= 15 is 0 Å². The molecule has 0 saturated heterocycles. The Morgan fingerprint density at radius 2 is 2.23 bits per heavy atom. The van der Waals surface area contributed by atoms with Crippen molar-refractivity contribution >= 4 is 16.8 Å². The summed E-state index contributed by atoms with van der Waals surface area (Å²) in [7, 11) is 1.60. The molecule has 0 spiro atoms. The van der Waals surface area contributed by atoms with Gasteiger partial charge in [-0.15, -0.1) is 0 Å². The summed E-state index contributed by atoms with van der Waals surface area (Å²) in [5.74, 6) is 0.783. The van der Waals surface area contributed by atoms with Crippen molar-refractivity contribution < 1.29 is 9.94 Å². The first-order valence-corrected chi connectivity index (χ1v) is 4.09. The Labute approximate surface area is 81.6 Å². The van der Waals surface area contributed by atoms with Crippen LogP contribution in [0.5, 0.6) is 5.75 Å². The van der Waals surface area contributed by atoms with Crippen molar-refractivity contribution in [2.45, 2.75) is 6.92 Å². The molecule has 0 radical (unpaired) electrons. The van der Waals surface area contributed by atoms with E-state index in [4.69, 9.17) is 21.5 Å². The maximum absolute atomic E-state index is 8.43. The van der Waals surface area contributed by atoms with Gasteiger partial charge in [0.1, 0.15) is 5.75 Å². The molecule has 0 aliphatic carbocycles. The lowest BCUT2D eigenvalue weighted by Crippen LogP contribution is -1.94. The van der Waals surface area contributed by atoms with E-state index in [1.165, 1.54) is 0 Å². The number of hydrogen-bond acceptors (Lipinski definition) is 3. The Bertz CT molecular complexity index is 336. The molecule has 1 rings (SSSR count). The molecule has 70 valence electrons. The molecular weight excluding hydrogens is 190 g/mol. The molecule has 0 heterocycles. The van der Waals surface area contributed by atoms with E-state index in [9.17, 15) is 0 Å². The highest BCUT2D eigenvalue weighted by Crippen LogP contribution is 2.19. The maximum atomic E-state index is 8.43. The minimum atomic E-state index is 0.0748. The van der Waals surface area contributed by atoms with E-state index in [0.717, 1.165) is 11.3 Å². The van der Waals surface area contributed by atoms with Crippen molar-refractivity contribution in [2.75, 3.05) is 7.11 Å². The zero-order valence-corrected chi connectivity index (χ0v) is 8.17. The van der Waals surface area contributed by atoms with Crippen molar-refractivity contribution in [3.05, 3.63) is 29.3 Å². The second-order valence-corrected chi connectivity index (χ2v) is 2.93. The largest absolute Gasteiger partial charge is 0.496 e. The van der Waals surface area contributed by atoms with E-state index in [0.29, 0.717) is 5.56 Å². The average Bonchev–Trinajstić information content (AvgIpc) is 2.16. The molecule has 0 aliphatic rings. The number of halogens is 1. The van der Waals surface area contributed by atoms with E-state index in [2.05, 4.69) is 5.16 Å². The minimum Gasteiger partial charge on any atom is -0.496 e. The lowest BCUT2D eigenvalue weighted by Gasteiger charge is -2.05. The van der Waals surface area contributed by atoms with Crippen molar-refractivity contribution in [3.63, 3.8) is 0 Å². The Kier molecular flexibility index (Phi) is 3.14. The van der Waals surface area contributed by atoms with Gasteiger partial charge in [0, 0.05) is 5.56 Å². The maximum Gasteiger partial charge on any atom is 0.175 e. The smallest absolute Gasteiger partial charge is 0.175 e. The van der Waals surface area contributed by atoms with Gasteiger partial charge in [0.2, 0.25) is 0 Å². The molecule has 13 heavy (non-hydrogen) atoms. The van der Waals surface area contributed by atoms with E-state index in [1.54, 1.807) is 25.3 Å². The number of nitrogens with zero attached hydrogens (tertiary/aromatic N) is 1. The summed E-state index contributed by atoms with van der Waals surface area (Å²) in [6.45, 7) is 1.89. The molecule has 0 amide bonds. The molecule has 0 aliphatic heterocycles. The lowest BCUT2D eigenvalue weighted by molar-refractivity contribution is 0.321. The summed E-state index contributed by atoms with van der Waals surface area (Å²) in [5.41, 5.74) is 1.62. The number of benzene rings is 1. The topological polar surface area (TPSA) is 41.8 Å². The van der Waals surface area contributed by atoms with Crippen molar-refractivity contribution in [1.29, 1.82) is 0 Å². The van der Waals surface area contributed by atoms with Gasteiger partial charge in [-0.2, -0.15) is 0 Å². The number of methoxy groups -OCH3 is 1. The summed E-state index contributed by atoms with van der Waals surface area (Å²) < 4.78 is 5.07. The monoisotopic (exact) mass is 199 g/mol. The Balaban J connectivity index is 3.10.